The Labute approximate surface area is 141 Å². The first-order chi connectivity index (χ1) is 11.5. The van der Waals surface area contributed by atoms with Gasteiger partial charge in [0.15, 0.2) is 0 Å². The maximum Gasteiger partial charge on any atom is 0.417 e. The first-order valence-corrected chi connectivity index (χ1v) is 6.72. The molecule has 25 heavy (non-hydrogen) atoms. The van der Waals surface area contributed by atoms with Crippen LogP contribution >= 0.6 is 11.6 Å². The van der Waals surface area contributed by atoms with E-state index in [-0.39, 0.29) is 5.01 Å². The average molecular weight is 380 g/mol. The van der Waals surface area contributed by atoms with Crippen LogP contribution in [0.3, 0.4) is 0 Å². The van der Waals surface area contributed by atoms with E-state index in [1.807, 2.05) is 0 Å². The van der Waals surface area contributed by atoms with Crippen LogP contribution in [0.25, 0.3) is 0 Å². The molecule has 2 aromatic rings. The number of pyridine rings is 1. The molecule has 0 bridgehead atoms. The molecule has 0 aliphatic heterocycles. The molecule has 0 aliphatic rings. The highest BCUT2D eigenvalue weighted by Crippen LogP contribution is 2.31. The van der Waals surface area contributed by atoms with Crippen LogP contribution in [0.15, 0.2) is 30.5 Å². The summed E-state index contributed by atoms with van der Waals surface area (Å²) in [6.45, 7) is 0. The van der Waals surface area contributed by atoms with Gasteiger partial charge >= 0.3 is 6.18 Å². The summed E-state index contributed by atoms with van der Waals surface area (Å²) in [5.41, 5.74) is -3.32. The molecule has 0 spiro atoms. The number of carbonyl (C=O) groups excluding carboxylic acids is 2. The molecule has 0 saturated heterocycles. The van der Waals surface area contributed by atoms with Crippen molar-refractivity contribution in [1.29, 1.82) is 0 Å². The van der Waals surface area contributed by atoms with Crippen molar-refractivity contribution < 1.29 is 31.5 Å². The lowest BCUT2D eigenvalue weighted by atomic mass is 10.1. The zero-order chi connectivity index (χ0) is 18.9. The van der Waals surface area contributed by atoms with Gasteiger partial charge in [0.2, 0.25) is 0 Å². The largest absolute Gasteiger partial charge is 0.417 e. The van der Waals surface area contributed by atoms with Crippen LogP contribution < -0.4 is 5.84 Å². The van der Waals surface area contributed by atoms with Gasteiger partial charge in [0, 0.05) is 6.20 Å². The molecule has 1 aromatic carbocycles. The number of hydrogen-bond acceptors (Lipinski definition) is 4. The molecule has 0 atom stereocenters. The van der Waals surface area contributed by atoms with Crippen molar-refractivity contribution in [2.24, 2.45) is 5.84 Å². The summed E-state index contributed by atoms with van der Waals surface area (Å²) in [6, 6.07) is 2.78. The molecular weight excluding hydrogens is 373 g/mol. The molecule has 11 heteroatoms. The Morgan fingerprint density at radius 1 is 1.12 bits per heavy atom. The molecule has 2 N–H and O–H groups in total. The van der Waals surface area contributed by atoms with E-state index in [1.165, 1.54) is 0 Å². The van der Waals surface area contributed by atoms with Crippen LogP contribution in [0.2, 0.25) is 5.15 Å². The Balaban J connectivity index is 2.42. The van der Waals surface area contributed by atoms with Crippen LogP contribution in [0.1, 0.15) is 26.3 Å². The predicted molar refractivity (Wildman–Crippen MR) is 75.3 cm³/mol. The summed E-state index contributed by atoms with van der Waals surface area (Å²) in [5, 5.41) is -0.917. The van der Waals surface area contributed by atoms with E-state index in [2.05, 4.69) is 4.98 Å². The van der Waals surface area contributed by atoms with Crippen molar-refractivity contribution in [2.75, 3.05) is 0 Å². The number of nitrogens with zero attached hydrogens (tertiary/aromatic N) is 2. The molecule has 1 aromatic heterocycles. The highest BCUT2D eigenvalue weighted by atomic mass is 35.5. The zero-order valence-electron chi connectivity index (χ0n) is 11.9. The molecule has 0 saturated carbocycles. The van der Waals surface area contributed by atoms with E-state index >= 15 is 0 Å². The minimum absolute atomic E-state index is 0.245. The Morgan fingerprint density at radius 2 is 1.68 bits per heavy atom. The lowest BCUT2D eigenvalue weighted by Crippen LogP contribution is -2.43. The highest BCUT2D eigenvalue weighted by molar-refractivity contribution is 6.33. The van der Waals surface area contributed by atoms with Gasteiger partial charge in [-0.05, 0) is 18.2 Å². The molecular formula is C14H7ClF5N3O2. The minimum Gasteiger partial charge on any atom is -0.267 e. The highest BCUT2D eigenvalue weighted by Gasteiger charge is 2.34. The van der Waals surface area contributed by atoms with Crippen LogP contribution in [-0.4, -0.2) is 21.8 Å². The molecule has 2 rings (SSSR count). The second-order valence-corrected chi connectivity index (χ2v) is 5.00. The maximum absolute atomic E-state index is 13.6. The van der Waals surface area contributed by atoms with Crippen molar-refractivity contribution in [3.63, 3.8) is 0 Å². The lowest BCUT2D eigenvalue weighted by Gasteiger charge is -2.17. The molecule has 132 valence electrons. The third-order valence-electron chi connectivity index (χ3n) is 3.01. The second-order valence-electron chi connectivity index (χ2n) is 4.64. The van der Waals surface area contributed by atoms with E-state index in [9.17, 15) is 31.5 Å². The lowest BCUT2D eigenvalue weighted by molar-refractivity contribution is -0.137. The van der Waals surface area contributed by atoms with E-state index < -0.39 is 51.5 Å². The van der Waals surface area contributed by atoms with E-state index in [4.69, 9.17) is 17.4 Å². The molecule has 0 fully saturated rings. The molecule has 0 aliphatic carbocycles. The Kier molecular flexibility index (Phi) is 5.04. The van der Waals surface area contributed by atoms with Crippen molar-refractivity contribution in [1.82, 2.24) is 9.99 Å². The predicted octanol–water partition coefficient (Wildman–Crippen LogP) is 3.19. The van der Waals surface area contributed by atoms with Crippen molar-refractivity contribution in [3.05, 3.63) is 63.9 Å². The van der Waals surface area contributed by atoms with Gasteiger partial charge in [0.25, 0.3) is 11.8 Å². The molecule has 0 unspecified atom stereocenters. The number of amides is 2. The minimum atomic E-state index is -4.84. The monoisotopic (exact) mass is 379 g/mol. The fraction of sp³-hybridized carbons (Fsp3) is 0.0714. The van der Waals surface area contributed by atoms with Crippen molar-refractivity contribution in [2.45, 2.75) is 6.18 Å². The quantitative estimate of drug-likeness (QED) is 0.217. The summed E-state index contributed by atoms with van der Waals surface area (Å²) in [7, 11) is 0. The van der Waals surface area contributed by atoms with Gasteiger partial charge in [0.05, 0.1) is 11.1 Å². The van der Waals surface area contributed by atoms with Gasteiger partial charge in [-0.15, -0.1) is 0 Å². The second kappa shape index (κ2) is 6.73. The Bertz CT molecular complexity index is 837. The van der Waals surface area contributed by atoms with Gasteiger partial charge in [-0.25, -0.2) is 24.6 Å². The first kappa shape index (κ1) is 18.7. The summed E-state index contributed by atoms with van der Waals surface area (Å²) < 4.78 is 65.2. The number of carbonyl (C=O) groups is 2. The van der Waals surface area contributed by atoms with Crippen LogP contribution in [0.4, 0.5) is 22.0 Å². The van der Waals surface area contributed by atoms with Crippen LogP contribution in [0, 0.1) is 11.6 Å². The average Bonchev–Trinajstić information content (AvgIpc) is 2.52. The van der Waals surface area contributed by atoms with Gasteiger partial charge < -0.3 is 0 Å². The number of benzene rings is 1. The van der Waals surface area contributed by atoms with Crippen LogP contribution in [0.5, 0.6) is 0 Å². The van der Waals surface area contributed by atoms with E-state index in [0.717, 1.165) is 18.2 Å². The standard InChI is InChI=1S/C14H7ClF5N3O2/c15-11-7(4-6(5-22-11)14(18,19)20)12(24)23(21)13(25)10-8(16)2-1-3-9(10)17/h1-5H,21H2. The summed E-state index contributed by atoms with van der Waals surface area (Å²) in [5.74, 6) is -0.505. The molecule has 2 amide bonds. The third-order valence-corrected chi connectivity index (χ3v) is 3.31. The number of hydrogen-bond donors (Lipinski definition) is 1. The SMILES string of the molecule is NN(C(=O)c1cc(C(F)(F)F)cnc1Cl)C(=O)c1c(F)cccc1F. The van der Waals surface area contributed by atoms with E-state index in [1.54, 1.807) is 0 Å². The van der Waals surface area contributed by atoms with Gasteiger partial charge in [-0.1, -0.05) is 17.7 Å². The molecule has 1 heterocycles. The van der Waals surface area contributed by atoms with Crippen molar-refractivity contribution >= 4 is 23.4 Å². The smallest absolute Gasteiger partial charge is 0.267 e. The summed E-state index contributed by atoms with van der Waals surface area (Å²) in [4.78, 5) is 27.3. The zero-order valence-corrected chi connectivity index (χ0v) is 12.7. The Morgan fingerprint density at radius 3 is 2.20 bits per heavy atom. The fourth-order valence-electron chi connectivity index (χ4n) is 1.80. The maximum atomic E-state index is 13.6. The number of rotatable bonds is 2. The normalized spacial score (nSPS) is 11.3. The molecule has 5 nitrogen and oxygen atoms in total. The number of hydrazine groups is 1. The van der Waals surface area contributed by atoms with Crippen molar-refractivity contribution in [3.8, 4) is 0 Å². The third kappa shape index (κ3) is 3.74. The summed E-state index contributed by atoms with van der Waals surface area (Å²) in [6.07, 6.45) is -4.47. The number of alkyl halides is 3. The van der Waals surface area contributed by atoms with Gasteiger partial charge in [-0.3, -0.25) is 9.59 Å². The number of nitrogens with two attached hydrogens (primary N) is 1. The Hall–Kier alpha value is -2.59. The van der Waals surface area contributed by atoms with E-state index in [0.29, 0.717) is 12.3 Å². The number of halogens is 6. The van der Waals surface area contributed by atoms with Crippen LogP contribution in [-0.2, 0) is 6.18 Å². The van der Waals surface area contributed by atoms with Gasteiger partial charge in [0.1, 0.15) is 22.4 Å². The molecule has 0 radical (unpaired) electrons. The number of aromatic nitrogens is 1. The summed E-state index contributed by atoms with van der Waals surface area (Å²) >= 11 is 5.56. The first-order valence-electron chi connectivity index (χ1n) is 6.34. The van der Waals surface area contributed by atoms with Gasteiger partial charge in [-0.2, -0.15) is 13.2 Å². The topological polar surface area (TPSA) is 76.3 Å². The number of imide groups is 1. The fourth-order valence-corrected chi connectivity index (χ4v) is 1.98.